The molecule has 0 saturated carbocycles. The second-order valence-corrected chi connectivity index (χ2v) is 3.81. The van der Waals surface area contributed by atoms with Crippen LogP contribution in [0.4, 0.5) is 19.0 Å². The van der Waals surface area contributed by atoms with Crippen molar-refractivity contribution in [1.82, 2.24) is 9.97 Å². The van der Waals surface area contributed by atoms with Gasteiger partial charge in [-0.15, -0.1) is 0 Å². The lowest BCUT2D eigenvalue weighted by Gasteiger charge is -2.09. The molecular formula is C12H10F3N3. The lowest BCUT2D eigenvalue weighted by Crippen LogP contribution is -2.08. The molecule has 18 heavy (non-hydrogen) atoms. The van der Waals surface area contributed by atoms with Gasteiger partial charge in [-0.3, -0.25) is 4.98 Å². The van der Waals surface area contributed by atoms with Crippen LogP contribution in [0.5, 0.6) is 0 Å². The SMILES string of the molecule is Nc1cc(C(F)(F)F)cc(Cc2cccnc2)n1. The maximum absolute atomic E-state index is 12.6. The summed E-state index contributed by atoms with van der Waals surface area (Å²) < 4.78 is 37.8. The molecule has 2 aromatic rings. The highest BCUT2D eigenvalue weighted by atomic mass is 19.4. The van der Waals surface area contributed by atoms with Crippen LogP contribution in [0.1, 0.15) is 16.8 Å². The maximum Gasteiger partial charge on any atom is 0.416 e. The molecule has 0 amide bonds. The molecule has 3 nitrogen and oxygen atoms in total. The van der Waals surface area contributed by atoms with Crippen molar-refractivity contribution < 1.29 is 13.2 Å². The molecule has 2 aromatic heterocycles. The van der Waals surface area contributed by atoms with E-state index in [1.165, 1.54) is 0 Å². The number of hydrogen-bond donors (Lipinski definition) is 1. The Morgan fingerprint density at radius 1 is 1.22 bits per heavy atom. The number of nitrogens with zero attached hydrogens (tertiary/aromatic N) is 2. The minimum atomic E-state index is -4.42. The Hall–Kier alpha value is -2.11. The van der Waals surface area contributed by atoms with Crippen molar-refractivity contribution in [3.63, 3.8) is 0 Å². The average molecular weight is 253 g/mol. The van der Waals surface area contributed by atoms with Crippen LogP contribution in [-0.4, -0.2) is 9.97 Å². The molecule has 0 aliphatic carbocycles. The smallest absolute Gasteiger partial charge is 0.384 e. The molecule has 0 radical (unpaired) electrons. The Morgan fingerprint density at radius 2 is 2.00 bits per heavy atom. The van der Waals surface area contributed by atoms with Gasteiger partial charge in [-0.2, -0.15) is 13.2 Å². The van der Waals surface area contributed by atoms with Gasteiger partial charge in [0, 0.05) is 24.5 Å². The first-order valence-electron chi connectivity index (χ1n) is 5.18. The van der Waals surface area contributed by atoms with Crippen LogP contribution < -0.4 is 5.73 Å². The minimum absolute atomic E-state index is 0.135. The molecule has 0 unspecified atom stereocenters. The molecule has 2 rings (SSSR count). The number of aromatic nitrogens is 2. The van der Waals surface area contributed by atoms with Crippen LogP contribution in [0, 0.1) is 0 Å². The third kappa shape index (κ3) is 2.97. The van der Waals surface area contributed by atoms with E-state index >= 15 is 0 Å². The molecule has 94 valence electrons. The number of pyridine rings is 2. The summed E-state index contributed by atoms with van der Waals surface area (Å²) in [6.07, 6.45) is -0.974. The highest BCUT2D eigenvalue weighted by Gasteiger charge is 2.31. The first-order chi connectivity index (χ1) is 8.45. The van der Waals surface area contributed by atoms with E-state index in [9.17, 15) is 13.2 Å². The van der Waals surface area contributed by atoms with Crippen molar-refractivity contribution in [2.45, 2.75) is 12.6 Å². The van der Waals surface area contributed by atoms with Crippen molar-refractivity contribution in [2.75, 3.05) is 5.73 Å². The molecule has 0 atom stereocenters. The molecule has 0 aromatic carbocycles. The van der Waals surface area contributed by atoms with Gasteiger partial charge in [-0.05, 0) is 23.8 Å². The van der Waals surface area contributed by atoms with Crippen LogP contribution in [0.2, 0.25) is 0 Å². The molecule has 0 aliphatic heterocycles. The fourth-order valence-corrected chi connectivity index (χ4v) is 1.58. The molecule has 0 aliphatic rings. The number of halogens is 3. The maximum atomic E-state index is 12.6. The van der Waals surface area contributed by atoms with Crippen molar-refractivity contribution in [3.05, 3.63) is 53.5 Å². The van der Waals surface area contributed by atoms with Gasteiger partial charge in [-0.25, -0.2) is 4.98 Å². The number of nitrogen functional groups attached to an aromatic ring is 1. The quantitative estimate of drug-likeness (QED) is 0.895. The number of nitrogens with two attached hydrogens (primary N) is 1. The van der Waals surface area contributed by atoms with Crippen molar-refractivity contribution in [3.8, 4) is 0 Å². The molecule has 2 heterocycles. The normalized spacial score (nSPS) is 11.5. The lowest BCUT2D eigenvalue weighted by molar-refractivity contribution is -0.137. The van der Waals surface area contributed by atoms with Crippen LogP contribution in [0.15, 0.2) is 36.7 Å². The second kappa shape index (κ2) is 4.64. The third-order valence-corrected chi connectivity index (χ3v) is 2.33. The van der Waals surface area contributed by atoms with Gasteiger partial charge >= 0.3 is 6.18 Å². The largest absolute Gasteiger partial charge is 0.416 e. The minimum Gasteiger partial charge on any atom is -0.384 e. The summed E-state index contributed by atoms with van der Waals surface area (Å²) >= 11 is 0. The standard InChI is InChI=1S/C12H10F3N3/c13-12(14,15)9-5-10(18-11(16)6-9)4-8-2-1-3-17-7-8/h1-3,5-7H,4H2,(H2,16,18). The van der Waals surface area contributed by atoms with E-state index in [1.54, 1.807) is 24.5 Å². The van der Waals surface area contributed by atoms with E-state index in [0.717, 1.165) is 17.7 Å². The van der Waals surface area contributed by atoms with E-state index in [4.69, 9.17) is 5.73 Å². The summed E-state index contributed by atoms with van der Waals surface area (Å²) in [4.78, 5) is 7.79. The Bertz CT molecular complexity index is 538. The number of anilines is 1. The van der Waals surface area contributed by atoms with Crippen molar-refractivity contribution >= 4 is 5.82 Å². The fraction of sp³-hybridized carbons (Fsp3) is 0.167. The topological polar surface area (TPSA) is 51.8 Å². The van der Waals surface area contributed by atoms with E-state index in [0.29, 0.717) is 0 Å². The number of hydrogen-bond acceptors (Lipinski definition) is 3. The molecule has 6 heteroatoms. The van der Waals surface area contributed by atoms with Gasteiger partial charge in [0.05, 0.1) is 5.56 Å². The van der Waals surface area contributed by atoms with Crippen LogP contribution in [-0.2, 0) is 12.6 Å². The molecule has 0 saturated heterocycles. The summed E-state index contributed by atoms with van der Waals surface area (Å²) in [6.45, 7) is 0. The average Bonchev–Trinajstić information content (AvgIpc) is 2.28. The van der Waals surface area contributed by atoms with E-state index in [-0.39, 0.29) is 17.9 Å². The highest BCUT2D eigenvalue weighted by Crippen LogP contribution is 2.30. The monoisotopic (exact) mass is 253 g/mol. The van der Waals surface area contributed by atoms with Gasteiger partial charge in [0.25, 0.3) is 0 Å². The van der Waals surface area contributed by atoms with E-state index < -0.39 is 11.7 Å². The summed E-state index contributed by atoms with van der Waals surface area (Å²) in [7, 11) is 0. The Labute approximate surface area is 101 Å². The molecule has 0 bridgehead atoms. The second-order valence-electron chi connectivity index (χ2n) is 3.81. The van der Waals surface area contributed by atoms with Crippen molar-refractivity contribution in [2.24, 2.45) is 0 Å². The third-order valence-electron chi connectivity index (χ3n) is 2.33. The number of rotatable bonds is 2. The zero-order chi connectivity index (χ0) is 13.2. The zero-order valence-corrected chi connectivity index (χ0v) is 9.28. The lowest BCUT2D eigenvalue weighted by atomic mass is 10.1. The summed E-state index contributed by atoms with van der Waals surface area (Å²) in [5, 5.41) is 0. The van der Waals surface area contributed by atoms with Crippen LogP contribution in [0.3, 0.4) is 0 Å². The zero-order valence-electron chi connectivity index (χ0n) is 9.28. The summed E-state index contributed by atoms with van der Waals surface area (Å²) in [5.74, 6) is -0.135. The Kier molecular flexibility index (Phi) is 3.18. The van der Waals surface area contributed by atoms with Gasteiger partial charge in [-0.1, -0.05) is 6.07 Å². The van der Waals surface area contributed by atoms with Gasteiger partial charge in [0.15, 0.2) is 0 Å². The predicted octanol–water partition coefficient (Wildman–Crippen LogP) is 2.67. The molecule has 0 fully saturated rings. The van der Waals surface area contributed by atoms with E-state index in [2.05, 4.69) is 9.97 Å². The summed E-state index contributed by atoms with van der Waals surface area (Å²) in [5.41, 5.74) is 5.65. The summed E-state index contributed by atoms with van der Waals surface area (Å²) in [6, 6.07) is 5.31. The number of alkyl halides is 3. The Morgan fingerprint density at radius 3 is 2.61 bits per heavy atom. The predicted molar refractivity (Wildman–Crippen MR) is 60.7 cm³/mol. The fourth-order valence-electron chi connectivity index (χ4n) is 1.58. The molecular weight excluding hydrogens is 243 g/mol. The first kappa shape index (κ1) is 12.3. The Balaban J connectivity index is 2.32. The van der Waals surface area contributed by atoms with Gasteiger partial charge in [0.1, 0.15) is 5.82 Å². The van der Waals surface area contributed by atoms with Crippen LogP contribution in [0.25, 0.3) is 0 Å². The first-order valence-corrected chi connectivity index (χ1v) is 5.18. The van der Waals surface area contributed by atoms with Crippen molar-refractivity contribution in [1.29, 1.82) is 0 Å². The molecule has 2 N–H and O–H groups in total. The van der Waals surface area contributed by atoms with E-state index in [1.807, 2.05) is 0 Å². The van der Waals surface area contributed by atoms with Gasteiger partial charge < -0.3 is 5.73 Å². The highest BCUT2D eigenvalue weighted by molar-refractivity contribution is 5.37. The van der Waals surface area contributed by atoms with Gasteiger partial charge in [0.2, 0.25) is 0 Å². The molecule has 0 spiro atoms. The van der Waals surface area contributed by atoms with Crippen LogP contribution >= 0.6 is 0 Å².